The molecule has 1 saturated carbocycles. The number of halogens is 1. The number of hydrogen-bond donors (Lipinski definition) is 5. The maximum Gasteiger partial charge on any atom is 0.251 e. The van der Waals surface area contributed by atoms with E-state index < -0.39 is 35.4 Å². The molecule has 1 aliphatic heterocycles. The second kappa shape index (κ2) is 21.1. The van der Waals surface area contributed by atoms with Crippen molar-refractivity contribution in [3.8, 4) is 17.5 Å². The van der Waals surface area contributed by atoms with Gasteiger partial charge in [0.05, 0.1) is 34.8 Å². The van der Waals surface area contributed by atoms with Crippen LogP contribution >= 0.6 is 11.6 Å². The highest BCUT2D eigenvalue weighted by Gasteiger charge is 2.64. The quantitative estimate of drug-likeness (QED) is 0.0708. The number of unbranched alkanes of at least 4 members (excludes halogenated alkanes) is 2. The van der Waals surface area contributed by atoms with Gasteiger partial charge in [0.1, 0.15) is 36.6 Å². The van der Waals surface area contributed by atoms with Crippen LogP contribution < -0.4 is 26.0 Å². The van der Waals surface area contributed by atoms with E-state index in [4.69, 9.17) is 21.1 Å². The zero-order chi connectivity index (χ0) is 47.8. The molecule has 352 valence electrons. The number of carbonyl (C=O) groups excluding carboxylic acids is 4. The number of rotatable bonds is 19. The number of nitrogens with zero attached hydrogens (tertiary/aromatic N) is 5. The van der Waals surface area contributed by atoms with E-state index in [9.17, 15) is 29.5 Å². The maximum absolute atomic E-state index is 13.9. The predicted molar refractivity (Wildman–Crippen MR) is 250 cm³/mol. The van der Waals surface area contributed by atoms with Gasteiger partial charge in [0, 0.05) is 66.9 Å². The smallest absolute Gasteiger partial charge is 0.251 e. The van der Waals surface area contributed by atoms with Crippen molar-refractivity contribution in [2.24, 2.45) is 16.2 Å². The van der Waals surface area contributed by atoms with Gasteiger partial charge in [-0.3, -0.25) is 19.2 Å². The van der Waals surface area contributed by atoms with E-state index >= 15 is 0 Å². The topological polar surface area (TPSA) is 213 Å². The lowest BCUT2D eigenvalue weighted by atomic mass is 9.49. The van der Waals surface area contributed by atoms with Crippen molar-refractivity contribution < 1.29 is 33.8 Å². The molecule has 66 heavy (non-hydrogen) atoms. The average molecular weight is 925 g/mol. The van der Waals surface area contributed by atoms with E-state index in [1.807, 2.05) is 57.2 Å². The van der Waals surface area contributed by atoms with Gasteiger partial charge in [0.15, 0.2) is 0 Å². The van der Waals surface area contributed by atoms with Gasteiger partial charge in [-0.25, -0.2) is 4.68 Å². The molecular weight excluding hydrogens is 862 g/mol. The summed E-state index contributed by atoms with van der Waals surface area (Å²) in [7, 11) is 0. The number of carbonyl (C=O) groups is 4. The first-order valence-electron chi connectivity index (χ1n) is 22.4. The summed E-state index contributed by atoms with van der Waals surface area (Å²) in [5, 5.41) is 40.2. The summed E-state index contributed by atoms with van der Waals surface area (Å²) < 4.78 is 13.6. The van der Waals surface area contributed by atoms with E-state index in [2.05, 4.69) is 65.3 Å². The zero-order valence-corrected chi connectivity index (χ0v) is 39.5. The Morgan fingerprint density at radius 2 is 1.70 bits per heavy atom. The number of ether oxygens (including phenoxy) is 2. The third kappa shape index (κ3) is 11.9. The number of aliphatic hydroxyl groups is 1. The monoisotopic (exact) mass is 923 g/mol. The van der Waals surface area contributed by atoms with Gasteiger partial charge in [-0.1, -0.05) is 77.4 Å². The van der Waals surface area contributed by atoms with Crippen LogP contribution in [-0.4, -0.2) is 105 Å². The van der Waals surface area contributed by atoms with Crippen molar-refractivity contribution in [2.75, 3.05) is 31.6 Å². The first kappa shape index (κ1) is 49.4. The van der Waals surface area contributed by atoms with Crippen molar-refractivity contribution in [3.05, 3.63) is 101 Å². The van der Waals surface area contributed by atoms with E-state index in [1.165, 1.54) is 4.90 Å². The SMILES string of the molecule is CC(C)(C)[C@H](NC(=O)COCCCCCNc1ccc(C(=O)N[C@H]2C(C)(C)[C@H](Oc3ccc(C#N)c(Cl)c3)C2(C)C)cc1)C(=O)N1C[C@H](O)C[C@H]1C(=O)NCc1ccc(-n2ccnn2)cc1. The molecule has 2 heterocycles. The van der Waals surface area contributed by atoms with E-state index in [1.54, 1.807) is 47.4 Å². The average Bonchev–Trinajstić information content (AvgIpc) is 3.97. The number of aromatic nitrogens is 3. The summed E-state index contributed by atoms with van der Waals surface area (Å²) in [6, 6.07) is 19.9. The number of nitrogens with one attached hydrogen (secondary N) is 4. The van der Waals surface area contributed by atoms with Gasteiger partial charge < -0.3 is 40.7 Å². The Labute approximate surface area is 391 Å². The Bertz CT molecular complexity index is 2340. The Balaban J connectivity index is 0.875. The van der Waals surface area contributed by atoms with Gasteiger partial charge in [0.2, 0.25) is 17.7 Å². The number of hydrogen-bond acceptors (Lipinski definition) is 11. The van der Waals surface area contributed by atoms with E-state index in [-0.39, 0.29) is 60.9 Å². The molecule has 0 unspecified atom stereocenters. The lowest BCUT2D eigenvalue weighted by molar-refractivity contribution is -0.164. The number of β-amino-alcohol motifs (C(OH)–C–C–N with tert-alkyl or cyclic N) is 1. The van der Waals surface area contributed by atoms with Crippen LogP contribution in [0.2, 0.25) is 5.02 Å². The number of benzene rings is 3. The Morgan fingerprint density at radius 3 is 2.33 bits per heavy atom. The minimum Gasteiger partial charge on any atom is -0.489 e. The van der Waals surface area contributed by atoms with Crippen molar-refractivity contribution in [1.29, 1.82) is 5.26 Å². The molecule has 0 radical (unpaired) electrons. The van der Waals surface area contributed by atoms with E-state index in [0.29, 0.717) is 35.1 Å². The summed E-state index contributed by atoms with van der Waals surface area (Å²) in [6.45, 7) is 14.8. The predicted octanol–water partition coefficient (Wildman–Crippen LogP) is 5.81. The molecule has 0 bridgehead atoms. The largest absolute Gasteiger partial charge is 0.489 e. The Hall–Kier alpha value is -6.02. The van der Waals surface area contributed by atoms with Crippen LogP contribution in [0, 0.1) is 27.6 Å². The molecule has 3 aromatic carbocycles. The third-order valence-electron chi connectivity index (χ3n) is 12.5. The van der Waals surface area contributed by atoms with Crippen molar-refractivity contribution in [1.82, 2.24) is 35.8 Å². The molecule has 1 aliphatic carbocycles. The van der Waals surface area contributed by atoms with Crippen LogP contribution in [0.3, 0.4) is 0 Å². The second-order valence-electron chi connectivity index (χ2n) is 19.4. The summed E-state index contributed by atoms with van der Waals surface area (Å²) in [5.74, 6) is -0.856. The molecule has 4 aromatic rings. The number of aliphatic hydroxyl groups excluding tert-OH is 1. The summed E-state index contributed by atoms with van der Waals surface area (Å²) in [4.78, 5) is 55.1. The van der Waals surface area contributed by atoms with E-state index in [0.717, 1.165) is 36.2 Å². The first-order valence-corrected chi connectivity index (χ1v) is 22.8. The summed E-state index contributed by atoms with van der Waals surface area (Å²) >= 11 is 6.23. The highest BCUT2D eigenvalue weighted by atomic mass is 35.5. The maximum atomic E-state index is 13.9. The zero-order valence-electron chi connectivity index (χ0n) is 38.8. The number of amides is 4. The lowest BCUT2D eigenvalue weighted by Gasteiger charge is -2.63. The van der Waals surface area contributed by atoms with Crippen molar-refractivity contribution in [3.63, 3.8) is 0 Å². The van der Waals surface area contributed by atoms with Crippen LogP contribution in [0.15, 0.2) is 79.1 Å². The van der Waals surface area contributed by atoms with Gasteiger partial charge in [-0.05, 0) is 78.8 Å². The fourth-order valence-corrected chi connectivity index (χ4v) is 9.41. The molecule has 16 nitrogen and oxygen atoms in total. The van der Waals surface area contributed by atoms with Crippen LogP contribution in [0.1, 0.15) is 95.6 Å². The number of likely N-dealkylation sites (tertiary alicyclic amines) is 1. The molecule has 17 heteroatoms. The van der Waals surface area contributed by atoms with Gasteiger partial charge in [0.25, 0.3) is 5.91 Å². The molecular formula is C49H62ClN9O7. The molecule has 5 N–H and O–H groups in total. The molecule has 4 amide bonds. The molecule has 1 aromatic heterocycles. The summed E-state index contributed by atoms with van der Waals surface area (Å²) in [5.41, 5.74) is 2.05. The molecule has 2 fully saturated rings. The molecule has 3 atom stereocenters. The van der Waals surface area contributed by atoms with Gasteiger partial charge >= 0.3 is 0 Å². The third-order valence-corrected chi connectivity index (χ3v) is 12.8. The minimum atomic E-state index is -0.953. The molecule has 0 spiro atoms. The molecule has 6 rings (SSSR count). The fourth-order valence-electron chi connectivity index (χ4n) is 9.20. The van der Waals surface area contributed by atoms with Gasteiger partial charge in [-0.2, -0.15) is 5.26 Å². The van der Waals surface area contributed by atoms with Crippen LogP contribution in [0.25, 0.3) is 5.69 Å². The Kier molecular flexibility index (Phi) is 15.8. The van der Waals surface area contributed by atoms with Gasteiger partial charge in [-0.15, -0.1) is 5.10 Å². The standard InChI is InChI=1S/C49H62ClN9O7/c1-47(2,3)41(44(64)58-29-36(60)25-39(58)43(63)53-28-31-11-18-35(19-12-31)59-23-22-54-57-59)55-40(61)30-65-24-10-8-9-21-52-34-16-13-32(14-17-34)42(62)56-45-48(4,5)46(49(45,6)7)66-37-20-15-33(27-51)38(50)26-37/h11-20,22-23,26,36,39,41,45-46,52,60H,8-10,21,24-25,28-30H2,1-7H3,(H,53,63)(H,55,61)(H,56,62)/t36-,39+,41-,45-,46-/m1/s1. The van der Waals surface area contributed by atoms with Crippen LogP contribution in [0.5, 0.6) is 5.75 Å². The highest BCUT2D eigenvalue weighted by Crippen LogP contribution is 2.55. The summed E-state index contributed by atoms with van der Waals surface area (Å²) in [6.07, 6.45) is 4.76. The highest BCUT2D eigenvalue weighted by molar-refractivity contribution is 6.31. The van der Waals surface area contributed by atoms with Crippen LogP contribution in [-0.2, 0) is 25.7 Å². The Morgan fingerprint density at radius 1 is 0.985 bits per heavy atom. The normalized spacial score (nSPS) is 20.0. The number of anilines is 1. The second-order valence-corrected chi connectivity index (χ2v) is 19.8. The minimum absolute atomic E-state index is 0.0181. The lowest BCUT2D eigenvalue weighted by Crippen LogP contribution is -2.74. The van der Waals surface area contributed by atoms with Crippen molar-refractivity contribution in [2.45, 2.75) is 111 Å². The molecule has 2 aliphatic rings. The van der Waals surface area contributed by atoms with Crippen molar-refractivity contribution >= 4 is 40.9 Å². The number of nitriles is 1. The van der Waals surface area contributed by atoms with Crippen LogP contribution in [0.4, 0.5) is 5.69 Å². The first-order chi connectivity index (χ1) is 31.3. The molecule has 1 saturated heterocycles. The fraction of sp³-hybridized carbons (Fsp3) is 0.490.